The lowest BCUT2D eigenvalue weighted by Gasteiger charge is -2.13. The van der Waals surface area contributed by atoms with Gasteiger partial charge < -0.3 is 9.73 Å². The molecule has 0 unspecified atom stereocenters. The molecule has 0 radical (unpaired) electrons. The minimum absolute atomic E-state index is 0.0707. The van der Waals surface area contributed by atoms with Crippen LogP contribution in [0.15, 0.2) is 46.2 Å². The number of nitrogens with zero attached hydrogens (tertiary/aromatic N) is 4. The van der Waals surface area contributed by atoms with E-state index in [0.29, 0.717) is 10.6 Å². The molecule has 3 aromatic heterocycles. The summed E-state index contributed by atoms with van der Waals surface area (Å²) in [5, 5.41) is 8.84. The van der Waals surface area contributed by atoms with E-state index in [1.54, 1.807) is 10.9 Å². The maximum absolute atomic E-state index is 12.4. The molecular weight excluding hydrogens is 362 g/mol. The fourth-order valence-corrected chi connectivity index (χ4v) is 3.78. The third-order valence-corrected chi connectivity index (χ3v) is 5.55. The van der Waals surface area contributed by atoms with Crippen molar-refractivity contribution in [1.82, 2.24) is 25.1 Å². The van der Waals surface area contributed by atoms with Crippen LogP contribution in [0.25, 0.3) is 22.1 Å². The minimum Gasteiger partial charge on any atom is -0.451 e. The zero-order valence-electron chi connectivity index (χ0n) is 15.3. The Labute approximate surface area is 160 Å². The van der Waals surface area contributed by atoms with Crippen LogP contribution in [0.3, 0.4) is 0 Å². The molecule has 0 aliphatic heterocycles. The molecule has 0 aliphatic rings. The molecule has 4 rings (SSSR count). The second kappa shape index (κ2) is 7.03. The summed E-state index contributed by atoms with van der Waals surface area (Å²) in [6.45, 7) is 3.94. The Morgan fingerprint density at radius 3 is 2.93 bits per heavy atom. The van der Waals surface area contributed by atoms with Crippen molar-refractivity contribution < 1.29 is 9.21 Å². The first-order chi connectivity index (χ1) is 13.0. The van der Waals surface area contributed by atoms with E-state index in [2.05, 4.69) is 20.4 Å². The van der Waals surface area contributed by atoms with Crippen LogP contribution in [0.4, 0.5) is 0 Å². The molecule has 3 heterocycles. The molecule has 138 valence electrons. The van der Waals surface area contributed by atoms with Crippen molar-refractivity contribution >= 4 is 39.7 Å². The summed E-state index contributed by atoms with van der Waals surface area (Å²) in [6, 6.07) is 7.62. The summed E-state index contributed by atoms with van der Waals surface area (Å²) in [5.41, 5.74) is 4.20. The van der Waals surface area contributed by atoms with Gasteiger partial charge in [0.15, 0.2) is 5.58 Å². The first-order valence-electron chi connectivity index (χ1n) is 8.57. The van der Waals surface area contributed by atoms with Gasteiger partial charge in [-0.2, -0.15) is 5.10 Å². The lowest BCUT2D eigenvalue weighted by atomic mass is 10.1. The van der Waals surface area contributed by atoms with Gasteiger partial charge in [0.25, 0.3) is 0 Å². The van der Waals surface area contributed by atoms with Crippen molar-refractivity contribution in [3.05, 3.63) is 48.0 Å². The van der Waals surface area contributed by atoms with Crippen molar-refractivity contribution in [3.63, 3.8) is 0 Å². The number of nitrogens with one attached hydrogen (secondary N) is 1. The van der Waals surface area contributed by atoms with E-state index in [9.17, 15) is 4.79 Å². The minimum atomic E-state index is -0.108. The molecule has 1 amide bonds. The molecule has 0 saturated heterocycles. The first-order valence-corrected chi connectivity index (χ1v) is 9.56. The maximum Gasteiger partial charge on any atom is 0.230 e. The van der Waals surface area contributed by atoms with Gasteiger partial charge in [-0.15, -0.1) is 0 Å². The number of para-hydroxylation sites is 1. The van der Waals surface area contributed by atoms with Crippen LogP contribution in [0.2, 0.25) is 0 Å². The highest BCUT2D eigenvalue weighted by molar-refractivity contribution is 8.00. The van der Waals surface area contributed by atoms with E-state index in [-0.39, 0.29) is 17.7 Å². The highest BCUT2D eigenvalue weighted by Crippen LogP contribution is 2.32. The number of rotatable bonds is 5. The molecule has 4 aromatic rings. The molecule has 27 heavy (non-hydrogen) atoms. The average Bonchev–Trinajstić information content (AvgIpc) is 3.21. The standard InChI is InChI=1S/C19H19N5O2S/c1-11(14-8-22-24(3)12(14)2)23-16(25)9-27-19-18-17(20-10-21-19)13-6-4-5-7-15(13)26-18/h4-8,10-11H,9H2,1-3H3,(H,23,25)/t11-/m0/s1. The molecule has 0 fully saturated rings. The van der Waals surface area contributed by atoms with Crippen LogP contribution in [-0.2, 0) is 11.8 Å². The number of aryl methyl sites for hydroxylation is 1. The number of hydrogen-bond acceptors (Lipinski definition) is 6. The van der Waals surface area contributed by atoms with Crippen LogP contribution in [0, 0.1) is 6.92 Å². The van der Waals surface area contributed by atoms with Crippen LogP contribution in [-0.4, -0.2) is 31.4 Å². The number of hydrogen-bond donors (Lipinski definition) is 1. The number of amides is 1. The SMILES string of the molecule is Cc1c([C@H](C)NC(=O)CSc2ncnc3c2oc2ccccc23)cnn1C. The molecule has 1 aromatic carbocycles. The van der Waals surface area contributed by atoms with E-state index in [0.717, 1.165) is 27.7 Å². The summed E-state index contributed by atoms with van der Waals surface area (Å²) in [7, 11) is 1.89. The van der Waals surface area contributed by atoms with Crippen LogP contribution >= 0.6 is 11.8 Å². The predicted octanol–water partition coefficient (Wildman–Crippen LogP) is 3.39. The Kier molecular flexibility index (Phi) is 4.57. The summed E-state index contributed by atoms with van der Waals surface area (Å²) < 4.78 is 7.69. The van der Waals surface area contributed by atoms with Crippen molar-refractivity contribution in [1.29, 1.82) is 0 Å². The van der Waals surface area contributed by atoms with Gasteiger partial charge in [0, 0.05) is 23.7 Å². The third-order valence-electron chi connectivity index (χ3n) is 4.58. The Morgan fingerprint density at radius 1 is 1.33 bits per heavy atom. The number of aromatic nitrogens is 4. The summed E-state index contributed by atoms with van der Waals surface area (Å²) in [5.74, 6) is 0.172. The number of carbonyl (C=O) groups excluding carboxylic acids is 1. The maximum atomic E-state index is 12.4. The van der Waals surface area contributed by atoms with Gasteiger partial charge in [-0.05, 0) is 26.0 Å². The van der Waals surface area contributed by atoms with Gasteiger partial charge in [0.2, 0.25) is 5.91 Å². The molecule has 0 spiro atoms. The number of fused-ring (bicyclic) bond motifs is 3. The second-order valence-electron chi connectivity index (χ2n) is 6.34. The van der Waals surface area contributed by atoms with E-state index < -0.39 is 0 Å². The lowest BCUT2D eigenvalue weighted by molar-refractivity contribution is -0.119. The van der Waals surface area contributed by atoms with E-state index in [1.165, 1.54) is 18.1 Å². The van der Waals surface area contributed by atoms with Crippen molar-refractivity contribution in [2.75, 3.05) is 5.75 Å². The van der Waals surface area contributed by atoms with Gasteiger partial charge in [0.1, 0.15) is 22.5 Å². The first kappa shape index (κ1) is 17.5. The molecule has 0 saturated carbocycles. The Hall–Kier alpha value is -2.87. The van der Waals surface area contributed by atoms with Gasteiger partial charge in [-0.3, -0.25) is 9.48 Å². The molecule has 0 bridgehead atoms. The smallest absolute Gasteiger partial charge is 0.230 e. The van der Waals surface area contributed by atoms with Crippen molar-refractivity contribution in [2.24, 2.45) is 7.05 Å². The van der Waals surface area contributed by atoms with E-state index in [4.69, 9.17) is 4.42 Å². The number of benzene rings is 1. The zero-order chi connectivity index (χ0) is 19.0. The highest BCUT2D eigenvalue weighted by Gasteiger charge is 2.17. The number of carbonyl (C=O) groups is 1. The van der Waals surface area contributed by atoms with Gasteiger partial charge >= 0.3 is 0 Å². The monoisotopic (exact) mass is 381 g/mol. The van der Waals surface area contributed by atoms with Crippen LogP contribution in [0.1, 0.15) is 24.2 Å². The molecular formula is C19H19N5O2S. The fraction of sp³-hybridized carbons (Fsp3) is 0.263. The average molecular weight is 381 g/mol. The van der Waals surface area contributed by atoms with Gasteiger partial charge in [-0.25, -0.2) is 9.97 Å². The van der Waals surface area contributed by atoms with Crippen molar-refractivity contribution in [2.45, 2.75) is 24.9 Å². The predicted molar refractivity (Wildman–Crippen MR) is 105 cm³/mol. The molecule has 1 N–H and O–H groups in total. The van der Waals surface area contributed by atoms with Crippen molar-refractivity contribution in [3.8, 4) is 0 Å². The van der Waals surface area contributed by atoms with Gasteiger partial charge in [0.05, 0.1) is 18.0 Å². The van der Waals surface area contributed by atoms with E-state index >= 15 is 0 Å². The second-order valence-corrected chi connectivity index (χ2v) is 7.31. The number of furan rings is 1. The zero-order valence-corrected chi connectivity index (χ0v) is 16.1. The summed E-state index contributed by atoms with van der Waals surface area (Å²) in [4.78, 5) is 21.0. The Bertz CT molecular complexity index is 1130. The summed E-state index contributed by atoms with van der Waals surface area (Å²) >= 11 is 1.34. The third kappa shape index (κ3) is 3.28. The topological polar surface area (TPSA) is 85.8 Å². The molecule has 8 heteroatoms. The normalized spacial score (nSPS) is 12.6. The largest absolute Gasteiger partial charge is 0.451 e. The lowest BCUT2D eigenvalue weighted by Crippen LogP contribution is -2.28. The highest BCUT2D eigenvalue weighted by atomic mass is 32.2. The summed E-state index contributed by atoms with van der Waals surface area (Å²) in [6.07, 6.45) is 3.29. The van der Waals surface area contributed by atoms with Crippen LogP contribution in [0.5, 0.6) is 0 Å². The van der Waals surface area contributed by atoms with Gasteiger partial charge in [-0.1, -0.05) is 23.9 Å². The number of thioether (sulfide) groups is 1. The quantitative estimate of drug-likeness (QED) is 0.421. The Morgan fingerprint density at radius 2 is 2.15 bits per heavy atom. The molecule has 0 aliphatic carbocycles. The fourth-order valence-electron chi connectivity index (χ4n) is 3.04. The van der Waals surface area contributed by atoms with Crippen LogP contribution < -0.4 is 5.32 Å². The molecule has 1 atom stereocenters. The van der Waals surface area contributed by atoms with E-state index in [1.807, 2.05) is 45.2 Å². The molecule has 7 nitrogen and oxygen atoms in total. The Balaban J connectivity index is 1.48.